The second-order valence-electron chi connectivity index (χ2n) is 4.04. The predicted molar refractivity (Wildman–Crippen MR) is 87.7 cm³/mol. The Balaban J connectivity index is 1.82. The van der Waals surface area contributed by atoms with Crippen LogP contribution in [0.4, 0.5) is 5.69 Å². The van der Waals surface area contributed by atoms with E-state index in [9.17, 15) is 0 Å². The zero-order valence-corrected chi connectivity index (χ0v) is 13.2. The van der Waals surface area contributed by atoms with Gasteiger partial charge in [-0.2, -0.15) is 0 Å². The van der Waals surface area contributed by atoms with Gasteiger partial charge in [0.2, 0.25) is 0 Å². The quantitative estimate of drug-likeness (QED) is 0.537. The van der Waals surface area contributed by atoms with Crippen LogP contribution in [-0.4, -0.2) is 4.98 Å². The molecule has 1 heterocycles. The molecule has 0 amide bonds. The number of aromatic nitrogens is 1. The number of fused-ring (bicyclic) bond motifs is 1. The number of rotatable bonds is 3. The highest BCUT2D eigenvalue weighted by Gasteiger charge is 2.08. The average Bonchev–Trinajstić information content (AvgIpc) is 2.81. The molecule has 0 saturated heterocycles. The van der Waals surface area contributed by atoms with Crippen LogP contribution in [0.1, 0.15) is 5.56 Å². The van der Waals surface area contributed by atoms with Gasteiger partial charge in [0.1, 0.15) is 0 Å². The fourth-order valence-corrected chi connectivity index (χ4v) is 4.61. The van der Waals surface area contributed by atoms with E-state index in [4.69, 9.17) is 5.73 Å². The van der Waals surface area contributed by atoms with Gasteiger partial charge in [-0.3, -0.25) is 0 Å². The van der Waals surface area contributed by atoms with E-state index in [1.807, 2.05) is 36.4 Å². The van der Waals surface area contributed by atoms with Crippen molar-refractivity contribution >= 4 is 54.9 Å². The van der Waals surface area contributed by atoms with E-state index in [-0.39, 0.29) is 0 Å². The van der Waals surface area contributed by atoms with Gasteiger partial charge in [-0.1, -0.05) is 45.9 Å². The monoisotopic (exact) mass is 350 g/mol. The molecule has 19 heavy (non-hydrogen) atoms. The van der Waals surface area contributed by atoms with Crippen molar-refractivity contribution in [2.24, 2.45) is 0 Å². The Morgan fingerprint density at radius 3 is 2.79 bits per heavy atom. The molecule has 2 nitrogen and oxygen atoms in total. The van der Waals surface area contributed by atoms with Crippen molar-refractivity contribution < 1.29 is 0 Å². The standard InChI is InChI=1S/C14H11BrN2S2/c15-10-4-3-5-11(16)9(10)8-18-14-17-12-6-1-2-7-13(12)19-14/h1-7H,8,16H2. The maximum atomic E-state index is 6.00. The summed E-state index contributed by atoms with van der Waals surface area (Å²) in [5, 5.41) is 0. The minimum Gasteiger partial charge on any atom is -0.398 e. The number of halogens is 1. The van der Waals surface area contributed by atoms with Crippen LogP contribution in [-0.2, 0) is 5.75 Å². The molecule has 0 unspecified atom stereocenters. The number of hydrogen-bond donors (Lipinski definition) is 1. The minimum atomic E-state index is 0.822. The molecule has 0 bridgehead atoms. The van der Waals surface area contributed by atoms with E-state index in [2.05, 4.69) is 27.0 Å². The second kappa shape index (κ2) is 5.53. The topological polar surface area (TPSA) is 38.9 Å². The first-order chi connectivity index (χ1) is 9.24. The molecule has 5 heteroatoms. The number of thioether (sulfide) groups is 1. The molecule has 0 radical (unpaired) electrons. The Bertz CT molecular complexity index is 671. The lowest BCUT2D eigenvalue weighted by molar-refractivity contribution is 1.29. The summed E-state index contributed by atoms with van der Waals surface area (Å²) < 4.78 is 3.36. The zero-order chi connectivity index (χ0) is 13.2. The molecule has 0 fully saturated rings. The van der Waals surface area contributed by atoms with Crippen molar-refractivity contribution in [2.45, 2.75) is 10.1 Å². The van der Waals surface area contributed by atoms with Crippen LogP contribution >= 0.6 is 39.0 Å². The molecule has 3 aromatic rings. The Morgan fingerprint density at radius 1 is 1.16 bits per heavy atom. The van der Waals surface area contributed by atoms with Crippen molar-refractivity contribution in [3.05, 3.63) is 52.5 Å². The van der Waals surface area contributed by atoms with Gasteiger partial charge in [-0.25, -0.2) is 4.98 Å². The summed E-state index contributed by atoms with van der Waals surface area (Å²) in [4.78, 5) is 4.61. The van der Waals surface area contributed by atoms with Gasteiger partial charge < -0.3 is 5.73 Å². The number of para-hydroxylation sites is 1. The van der Waals surface area contributed by atoms with E-state index in [1.165, 1.54) is 4.70 Å². The van der Waals surface area contributed by atoms with Gasteiger partial charge in [-0.15, -0.1) is 11.3 Å². The fourth-order valence-electron chi connectivity index (χ4n) is 1.77. The normalized spacial score (nSPS) is 11.0. The van der Waals surface area contributed by atoms with Crippen molar-refractivity contribution in [3.8, 4) is 0 Å². The highest BCUT2D eigenvalue weighted by molar-refractivity contribution is 9.10. The Hall–Kier alpha value is -1.04. The third kappa shape index (κ3) is 2.78. The van der Waals surface area contributed by atoms with E-state index >= 15 is 0 Å². The Morgan fingerprint density at radius 2 is 2.00 bits per heavy atom. The number of benzene rings is 2. The summed E-state index contributed by atoms with van der Waals surface area (Å²) in [6.45, 7) is 0. The SMILES string of the molecule is Nc1cccc(Br)c1CSc1nc2ccccc2s1. The molecule has 96 valence electrons. The molecule has 2 N–H and O–H groups in total. The molecule has 0 atom stereocenters. The molecule has 2 aromatic carbocycles. The molecule has 0 spiro atoms. The summed E-state index contributed by atoms with van der Waals surface area (Å²) >= 11 is 6.99. The van der Waals surface area contributed by atoms with Gasteiger partial charge >= 0.3 is 0 Å². The number of anilines is 1. The molecular formula is C14H11BrN2S2. The number of nitrogen functional groups attached to an aromatic ring is 1. The van der Waals surface area contributed by atoms with Gasteiger partial charge in [0, 0.05) is 15.9 Å². The maximum Gasteiger partial charge on any atom is 0.151 e. The first-order valence-corrected chi connectivity index (χ1v) is 8.35. The highest BCUT2D eigenvalue weighted by Crippen LogP contribution is 2.34. The van der Waals surface area contributed by atoms with Crippen LogP contribution < -0.4 is 5.73 Å². The number of hydrogen-bond acceptors (Lipinski definition) is 4. The van der Waals surface area contributed by atoms with E-state index in [1.54, 1.807) is 23.1 Å². The zero-order valence-electron chi connectivity index (χ0n) is 9.97. The third-order valence-corrected chi connectivity index (χ3v) is 5.72. The molecule has 3 rings (SSSR count). The summed E-state index contributed by atoms with van der Waals surface area (Å²) in [5.74, 6) is 0.826. The summed E-state index contributed by atoms with van der Waals surface area (Å²) in [6.07, 6.45) is 0. The van der Waals surface area contributed by atoms with Gasteiger partial charge in [-0.05, 0) is 29.8 Å². The van der Waals surface area contributed by atoms with Gasteiger partial charge in [0.15, 0.2) is 4.34 Å². The number of nitrogens with two attached hydrogens (primary N) is 1. The van der Waals surface area contributed by atoms with Crippen molar-refractivity contribution in [1.29, 1.82) is 0 Å². The summed E-state index contributed by atoms with van der Waals surface area (Å²) in [7, 11) is 0. The van der Waals surface area contributed by atoms with Crippen LogP contribution in [0.3, 0.4) is 0 Å². The van der Waals surface area contributed by atoms with Crippen LogP contribution in [0.2, 0.25) is 0 Å². The second-order valence-corrected chi connectivity index (χ2v) is 7.15. The Labute approximate surface area is 128 Å². The van der Waals surface area contributed by atoms with Crippen LogP contribution in [0.5, 0.6) is 0 Å². The lowest BCUT2D eigenvalue weighted by Crippen LogP contribution is -1.93. The first kappa shape index (κ1) is 13.0. The molecule has 0 saturated carbocycles. The number of nitrogens with zero attached hydrogens (tertiary/aromatic N) is 1. The predicted octanol–water partition coefficient (Wildman–Crippen LogP) is 4.93. The van der Waals surface area contributed by atoms with Crippen molar-refractivity contribution in [3.63, 3.8) is 0 Å². The third-order valence-electron chi connectivity index (χ3n) is 2.77. The van der Waals surface area contributed by atoms with E-state index in [0.29, 0.717) is 0 Å². The van der Waals surface area contributed by atoms with Gasteiger partial charge in [0.25, 0.3) is 0 Å². The molecule has 0 aliphatic carbocycles. The maximum absolute atomic E-state index is 6.00. The van der Waals surface area contributed by atoms with Crippen LogP contribution in [0.25, 0.3) is 10.2 Å². The summed E-state index contributed by atoms with van der Waals surface area (Å²) in [6, 6.07) is 14.1. The van der Waals surface area contributed by atoms with Crippen LogP contribution in [0, 0.1) is 0 Å². The lowest BCUT2D eigenvalue weighted by Gasteiger charge is -2.06. The van der Waals surface area contributed by atoms with Crippen molar-refractivity contribution in [1.82, 2.24) is 4.98 Å². The van der Waals surface area contributed by atoms with Crippen molar-refractivity contribution in [2.75, 3.05) is 5.73 Å². The Kier molecular flexibility index (Phi) is 3.77. The first-order valence-electron chi connectivity index (χ1n) is 5.75. The summed E-state index contributed by atoms with van der Waals surface area (Å²) in [5.41, 5.74) is 9.02. The average molecular weight is 351 g/mol. The largest absolute Gasteiger partial charge is 0.398 e. The van der Waals surface area contributed by atoms with Crippen LogP contribution in [0.15, 0.2) is 51.3 Å². The fraction of sp³-hybridized carbons (Fsp3) is 0.0714. The molecule has 0 aliphatic heterocycles. The van der Waals surface area contributed by atoms with E-state index < -0.39 is 0 Å². The lowest BCUT2D eigenvalue weighted by atomic mass is 10.2. The number of thiazole rings is 1. The van der Waals surface area contributed by atoms with E-state index in [0.717, 1.165) is 31.3 Å². The minimum absolute atomic E-state index is 0.822. The molecular weight excluding hydrogens is 340 g/mol. The smallest absolute Gasteiger partial charge is 0.151 e. The molecule has 1 aromatic heterocycles. The molecule has 0 aliphatic rings. The highest BCUT2D eigenvalue weighted by atomic mass is 79.9. The van der Waals surface area contributed by atoms with Gasteiger partial charge in [0.05, 0.1) is 10.2 Å².